The molecular formula is C13H13ClN2S. The first-order chi connectivity index (χ1) is 8.25. The van der Waals surface area contributed by atoms with Crippen LogP contribution in [0.1, 0.15) is 5.56 Å². The minimum Gasteiger partial charge on any atom is -0.398 e. The maximum absolute atomic E-state index is 5.96. The molecule has 2 N–H and O–H groups in total. The molecule has 0 aliphatic rings. The summed E-state index contributed by atoms with van der Waals surface area (Å²) in [5, 5.41) is 0.622. The van der Waals surface area contributed by atoms with Crippen LogP contribution in [0.25, 0.3) is 0 Å². The van der Waals surface area contributed by atoms with E-state index in [1.165, 1.54) is 5.56 Å². The molecule has 0 unspecified atom stereocenters. The summed E-state index contributed by atoms with van der Waals surface area (Å²) in [6.45, 7) is 0. The zero-order valence-electron chi connectivity index (χ0n) is 9.27. The van der Waals surface area contributed by atoms with Crippen molar-refractivity contribution in [2.24, 2.45) is 0 Å². The predicted molar refractivity (Wildman–Crippen MR) is 74.5 cm³/mol. The summed E-state index contributed by atoms with van der Waals surface area (Å²) in [4.78, 5) is 5.24. The van der Waals surface area contributed by atoms with Gasteiger partial charge < -0.3 is 5.73 Å². The van der Waals surface area contributed by atoms with E-state index in [-0.39, 0.29) is 0 Å². The highest BCUT2D eigenvalue weighted by Gasteiger charge is 1.99. The maximum atomic E-state index is 5.96. The molecule has 0 bridgehead atoms. The first kappa shape index (κ1) is 12.3. The van der Waals surface area contributed by atoms with E-state index in [0.29, 0.717) is 10.7 Å². The lowest BCUT2D eigenvalue weighted by Gasteiger charge is -2.04. The van der Waals surface area contributed by atoms with Crippen molar-refractivity contribution in [2.45, 2.75) is 11.3 Å². The molecule has 4 heteroatoms. The smallest absolute Gasteiger partial charge is 0.0646 e. The van der Waals surface area contributed by atoms with E-state index in [1.807, 2.05) is 30.5 Å². The van der Waals surface area contributed by atoms with E-state index in [0.717, 1.165) is 17.1 Å². The van der Waals surface area contributed by atoms with Crippen LogP contribution in [0.5, 0.6) is 0 Å². The Morgan fingerprint density at radius 3 is 2.88 bits per heavy atom. The fraction of sp³-hybridized carbons (Fsp3) is 0.154. The second-order valence-electron chi connectivity index (χ2n) is 3.64. The van der Waals surface area contributed by atoms with Gasteiger partial charge in [0.2, 0.25) is 0 Å². The molecule has 1 heterocycles. The van der Waals surface area contributed by atoms with E-state index in [2.05, 4.69) is 11.1 Å². The SMILES string of the molecule is Nc1ccc(SCCc2cccnc2)cc1Cl. The predicted octanol–water partition coefficient (Wildman–Crippen LogP) is 3.65. The monoisotopic (exact) mass is 264 g/mol. The van der Waals surface area contributed by atoms with Crippen LogP contribution in [0.3, 0.4) is 0 Å². The van der Waals surface area contributed by atoms with Gasteiger partial charge in [0, 0.05) is 23.0 Å². The van der Waals surface area contributed by atoms with Crippen LogP contribution in [0, 0.1) is 0 Å². The normalized spacial score (nSPS) is 10.4. The fourth-order valence-corrected chi connectivity index (χ4v) is 2.61. The Bertz CT molecular complexity index is 488. The molecule has 0 atom stereocenters. The largest absolute Gasteiger partial charge is 0.398 e. The minimum absolute atomic E-state index is 0.622. The Labute approximate surface area is 110 Å². The Kier molecular flexibility index (Phi) is 4.29. The third-order valence-corrected chi connectivity index (χ3v) is 3.68. The maximum Gasteiger partial charge on any atom is 0.0646 e. The molecule has 0 saturated carbocycles. The first-order valence-corrected chi connectivity index (χ1v) is 6.69. The van der Waals surface area contributed by atoms with Gasteiger partial charge in [-0.15, -0.1) is 11.8 Å². The van der Waals surface area contributed by atoms with Crippen LogP contribution >= 0.6 is 23.4 Å². The fourth-order valence-electron chi connectivity index (χ4n) is 1.43. The van der Waals surface area contributed by atoms with E-state index in [9.17, 15) is 0 Å². The lowest BCUT2D eigenvalue weighted by molar-refractivity contribution is 1.11. The summed E-state index contributed by atoms with van der Waals surface area (Å²) < 4.78 is 0. The summed E-state index contributed by atoms with van der Waals surface area (Å²) in [7, 11) is 0. The Hall–Kier alpha value is -1.19. The molecule has 1 aromatic carbocycles. The van der Waals surface area contributed by atoms with E-state index >= 15 is 0 Å². The van der Waals surface area contributed by atoms with Gasteiger partial charge in [0.25, 0.3) is 0 Å². The summed E-state index contributed by atoms with van der Waals surface area (Å²) in [5.41, 5.74) is 7.54. The molecule has 0 saturated heterocycles. The van der Waals surface area contributed by atoms with Gasteiger partial charge in [0.1, 0.15) is 0 Å². The standard InChI is InChI=1S/C13H13ClN2S/c14-12-8-11(3-4-13(12)15)17-7-5-10-2-1-6-16-9-10/h1-4,6,8-9H,5,7,15H2. The second kappa shape index (κ2) is 5.94. The highest BCUT2D eigenvalue weighted by atomic mass is 35.5. The van der Waals surface area contributed by atoms with Crippen molar-refractivity contribution in [1.82, 2.24) is 4.98 Å². The van der Waals surface area contributed by atoms with Gasteiger partial charge >= 0.3 is 0 Å². The number of nitrogens with two attached hydrogens (primary N) is 1. The zero-order valence-corrected chi connectivity index (χ0v) is 10.8. The summed E-state index contributed by atoms with van der Waals surface area (Å²) >= 11 is 7.73. The van der Waals surface area contributed by atoms with Crippen molar-refractivity contribution in [3.63, 3.8) is 0 Å². The van der Waals surface area contributed by atoms with Gasteiger partial charge in [-0.2, -0.15) is 0 Å². The summed E-state index contributed by atoms with van der Waals surface area (Å²) in [6.07, 6.45) is 4.69. The number of rotatable bonds is 4. The van der Waals surface area contributed by atoms with Gasteiger partial charge in [-0.05, 0) is 36.2 Å². The second-order valence-corrected chi connectivity index (χ2v) is 5.22. The summed E-state index contributed by atoms with van der Waals surface area (Å²) in [6, 6.07) is 9.79. The van der Waals surface area contributed by atoms with Crippen LogP contribution < -0.4 is 5.73 Å². The van der Waals surface area contributed by atoms with Crippen molar-refractivity contribution in [1.29, 1.82) is 0 Å². The molecule has 17 heavy (non-hydrogen) atoms. The highest BCUT2D eigenvalue weighted by Crippen LogP contribution is 2.26. The van der Waals surface area contributed by atoms with Gasteiger partial charge in [-0.3, -0.25) is 4.98 Å². The van der Waals surface area contributed by atoms with Crippen LogP contribution in [-0.4, -0.2) is 10.7 Å². The molecule has 0 fully saturated rings. The number of anilines is 1. The quantitative estimate of drug-likeness (QED) is 0.677. The Morgan fingerprint density at radius 1 is 1.29 bits per heavy atom. The number of nitrogens with zero attached hydrogens (tertiary/aromatic N) is 1. The number of halogens is 1. The number of hydrogen-bond acceptors (Lipinski definition) is 3. The van der Waals surface area contributed by atoms with E-state index in [1.54, 1.807) is 18.0 Å². The lowest BCUT2D eigenvalue weighted by atomic mass is 10.2. The first-order valence-electron chi connectivity index (χ1n) is 5.32. The molecular weight excluding hydrogens is 252 g/mol. The van der Waals surface area contributed by atoms with Crippen molar-refractivity contribution < 1.29 is 0 Å². The van der Waals surface area contributed by atoms with Crippen molar-refractivity contribution in [2.75, 3.05) is 11.5 Å². The molecule has 0 radical (unpaired) electrons. The van der Waals surface area contributed by atoms with E-state index in [4.69, 9.17) is 17.3 Å². The summed E-state index contributed by atoms with van der Waals surface area (Å²) in [5.74, 6) is 1.01. The number of hydrogen-bond donors (Lipinski definition) is 1. The molecule has 0 spiro atoms. The van der Waals surface area contributed by atoms with Crippen molar-refractivity contribution in [3.8, 4) is 0 Å². The molecule has 2 nitrogen and oxygen atoms in total. The lowest BCUT2D eigenvalue weighted by Crippen LogP contribution is -1.90. The molecule has 0 amide bonds. The van der Waals surface area contributed by atoms with Gasteiger partial charge in [-0.25, -0.2) is 0 Å². The van der Waals surface area contributed by atoms with Gasteiger partial charge in [0.15, 0.2) is 0 Å². The number of benzene rings is 1. The highest BCUT2D eigenvalue weighted by molar-refractivity contribution is 7.99. The van der Waals surface area contributed by atoms with Crippen LogP contribution in [-0.2, 0) is 6.42 Å². The topological polar surface area (TPSA) is 38.9 Å². The average molecular weight is 265 g/mol. The molecule has 0 aliphatic carbocycles. The van der Waals surface area contributed by atoms with Gasteiger partial charge in [0.05, 0.1) is 10.7 Å². The van der Waals surface area contributed by atoms with E-state index < -0.39 is 0 Å². The van der Waals surface area contributed by atoms with Gasteiger partial charge in [-0.1, -0.05) is 17.7 Å². The Morgan fingerprint density at radius 2 is 2.18 bits per heavy atom. The van der Waals surface area contributed by atoms with Crippen LogP contribution in [0.2, 0.25) is 5.02 Å². The molecule has 0 aliphatic heterocycles. The molecule has 2 aromatic rings. The average Bonchev–Trinajstić information content (AvgIpc) is 2.35. The van der Waals surface area contributed by atoms with Crippen LogP contribution in [0.4, 0.5) is 5.69 Å². The zero-order chi connectivity index (χ0) is 12.1. The number of pyridine rings is 1. The minimum atomic E-state index is 0.622. The molecule has 1 aromatic heterocycles. The third-order valence-electron chi connectivity index (χ3n) is 2.35. The number of aromatic nitrogens is 1. The van der Waals surface area contributed by atoms with Crippen molar-refractivity contribution in [3.05, 3.63) is 53.3 Å². The number of aryl methyl sites for hydroxylation is 1. The number of nitrogen functional groups attached to an aromatic ring is 1. The number of thioether (sulfide) groups is 1. The van der Waals surface area contributed by atoms with Crippen LogP contribution in [0.15, 0.2) is 47.6 Å². The van der Waals surface area contributed by atoms with Crippen molar-refractivity contribution >= 4 is 29.1 Å². The third kappa shape index (κ3) is 3.65. The molecule has 2 rings (SSSR count). The molecule has 88 valence electrons. The Balaban J connectivity index is 1.88.